The van der Waals surface area contributed by atoms with Crippen molar-refractivity contribution in [2.24, 2.45) is 0 Å². The van der Waals surface area contributed by atoms with Crippen molar-refractivity contribution in [3.63, 3.8) is 0 Å². The lowest BCUT2D eigenvalue weighted by atomic mass is 10.3. The molecule has 0 aromatic heterocycles. The van der Waals surface area contributed by atoms with Crippen LogP contribution in [-0.2, 0) is 9.59 Å². The molecule has 2 N–H and O–H groups in total. The van der Waals surface area contributed by atoms with Gasteiger partial charge in [-0.2, -0.15) is 0 Å². The molecule has 0 unspecified atom stereocenters. The minimum absolute atomic E-state index is 0.0490. The number of hydrogen-bond donors (Lipinski definition) is 2. The number of ether oxygens (including phenoxy) is 2. The summed E-state index contributed by atoms with van der Waals surface area (Å²) in [7, 11) is 0. The Balaban J connectivity index is 2.17. The predicted octanol–water partition coefficient (Wildman–Crippen LogP) is 1.50. The SMILES string of the molecule is CCOc1ccccc1OCCCC(=O)NCCNC(C)=O. The van der Waals surface area contributed by atoms with Crippen LogP contribution in [0.4, 0.5) is 0 Å². The third-order valence-corrected chi connectivity index (χ3v) is 2.78. The second-order valence-electron chi connectivity index (χ2n) is 4.66. The van der Waals surface area contributed by atoms with E-state index >= 15 is 0 Å². The van der Waals surface area contributed by atoms with Gasteiger partial charge in [-0.05, 0) is 25.5 Å². The Labute approximate surface area is 131 Å². The highest BCUT2D eigenvalue weighted by molar-refractivity contribution is 5.76. The third-order valence-electron chi connectivity index (χ3n) is 2.78. The lowest BCUT2D eigenvalue weighted by Gasteiger charge is -2.11. The summed E-state index contributed by atoms with van der Waals surface area (Å²) in [5.74, 6) is 1.25. The van der Waals surface area contributed by atoms with Gasteiger partial charge in [0.25, 0.3) is 0 Å². The monoisotopic (exact) mass is 308 g/mol. The first-order valence-corrected chi connectivity index (χ1v) is 7.49. The van der Waals surface area contributed by atoms with Crippen LogP contribution in [0, 0.1) is 0 Å². The lowest BCUT2D eigenvalue weighted by Crippen LogP contribution is -2.33. The van der Waals surface area contributed by atoms with Crippen molar-refractivity contribution in [3.05, 3.63) is 24.3 Å². The molecule has 0 aliphatic rings. The summed E-state index contributed by atoms with van der Waals surface area (Å²) < 4.78 is 11.1. The number of para-hydroxylation sites is 2. The topological polar surface area (TPSA) is 76.7 Å². The van der Waals surface area contributed by atoms with Crippen LogP contribution in [0.15, 0.2) is 24.3 Å². The average molecular weight is 308 g/mol. The largest absolute Gasteiger partial charge is 0.490 e. The van der Waals surface area contributed by atoms with E-state index in [9.17, 15) is 9.59 Å². The molecular formula is C16H24N2O4. The summed E-state index contributed by atoms with van der Waals surface area (Å²) >= 11 is 0. The molecule has 0 heterocycles. The molecule has 0 atom stereocenters. The normalized spacial score (nSPS) is 9.91. The maximum absolute atomic E-state index is 11.6. The molecule has 0 bridgehead atoms. The van der Waals surface area contributed by atoms with E-state index in [2.05, 4.69) is 10.6 Å². The molecule has 0 radical (unpaired) electrons. The Morgan fingerprint density at radius 1 is 1.05 bits per heavy atom. The molecule has 1 rings (SSSR count). The van der Waals surface area contributed by atoms with Crippen molar-refractivity contribution in [2.75, 3.05) is 26.3 Å². The van der Waals surface area contributed by atoms with Crippen molar-refractivity contribution < 1.29 is 19.1 Å². The van der Waals surface area contributed by atoms with Crippen molar-refractivity contribution >= 4 is 11.8 Å². The number of nitrogens with one attached hydrogen (secondary N) is 2. The van der Waals surface area contributed by atoms with Gasteiger partial charge in [-0.15, -0.1) is 0 Å². The van der Waals surface area contributed by atoms with Gasteiger partial charge in [0, 0.05) is 26.4 Å². The quantitative estimate of drug-likeness (QED) is 0.642. The van der Waals surface area contributed by atoms with E-state index in [-0.39, 0.29) is 11.8 Å². The summed E-state index contributed by atoms with van der Waals surface area (Å²) in [6.07, 6.45) is 1.00. The van der Waals surface area contributed by atoms with E-state index in [4.69, 9.17) is 9.47 Å². The van der Waals surface area contributed by atoms with E-state index < -0.39 is 0 Å². The predicted molar refractivity (Wildman–Crippen MR) is 84.0 cm³/mol. The fourth-order valence-corrected chi connectivity index (χ4v) is 1.79. The molecule has 0 fully saturated rings. The fraction of sp³-hybridized carbons (Fsp3) is 0.500. The minimum Gasteiger partial charge on any atom is -0.490 e. The molecule has 0 spiro atoms. The van der Waals surface area contributed by atoms with E-state index in [1.165, 1.54) is 6.92 Å². The summed E-state index contributed by atoms with van der Waals surface area (Å²) in [4.78, 5) is 22.2. The zero-order valence-corrected chi connectivity index (χ0v) is 13.2. The zero-order valence-electron chi connectivity index (χ0n) is 13.2. The van der Waals surface area contributed by atoms with Crippen LogP contribution < -0.4 is 20.1 Å². The molecule has 122 valence electrons. The number of rotatable bonds is 10. The summed E-state index contributed by atoms with van der Waals surface area (Å²) in [6.45, 7) is 5.27. The van der Waals surface area contributed by atoms with Gasteiger partial charge in [-0.3, -0.25) is 9.59 Å². The van der Waals surface area contributed by atoms with Gasteiger partial charge in [-0.1, -0.05) is 12.1 Å². The average Bonchev–Trinajstić information content (AvgIpc) is 2.50. The Kier molecular flexibility index (Phi) is 8.49. The summed E-state index contributed by atoms with van der Waals surface area (Å²) in [6, 6.07) is 7.47. The van der Waals surface area contributed by atoms with Crippen LogP contribution in [0.25, 0.3) is 0 Å². The van der Waals surface area contributed by atoms with E-state index in [0.29, 0.717) is 50.6 Å². The molecule has 0 aliphatic carbocycles. The van der Waals surface area contributed by atoms with Crippen molar-refractivity contribution in [1.29, 1.82) is 0 Å². The van der Waals surface area contributed by atoms with Crippen molar-refractivity contribution in [1.82, 2.24) is 10.6 Å². The maximum Gasteiger partial charge on any atom is 0.220 e. The Morgan fingerprint density at radius 3 is 2.32 bits per heavy atom. The van der Waals surface area contributed by atoms with Crippen LogP contribution in [-0.4, -0.2) is 38.1 Å². The van der Waals surface area contributed by atoms with E-state index in [0.717, 1.165) is 0 Å². The number of hydrogen-bond acceptors (Lipinski definition) is 4. The van der Waals surface area contributed by atoms with Crippen LogP contribution in [0.2, 0.25) is 0 Å². The number of benzene rings is 1. The molecule has 0 aliphatic heterocycles. The van der Waals surface area contributed by atoms with Gasteiger partial charge >= 0.3 is 0 Å². The number of carbonyl (C=O) groups is 2. The van der Waals surface area contributed by atoms with Crippen molar-refractivity contribution in [3.8, 4) is 11.5 Å². The molecule has 22 heavy (non-hydrogen) atoms. The highest BCUT2D eigenvalue weighted by Gasteiger charge is 2.05. The highest BCUT2D eigenvalue weighted by Crippen LogP contribution is 2.26. The van der Waals surface area contributed by atoms with Gasteiger partial charge in [0.1, 0.15) is 0 Å². The van der Waals surface area contributed by atoms with E-state index in [1.807, 2.05) is 31.2 Å². The number of carbonyl (C=O) groups excluding carboxylic acids is 2. The summed E-state index contributed by atoms with van der Waals surface area (Å²) in [5.41, 5.74) is 0. The molecule has 1 aromatic carbocycles. The minimum atomic E-state index is -0.101. The van der Waals surface area contributed by atoms with Crippen molar-refractivity contribution in [2.45, 2.75) is 26.7 Å². The molecule has 2 amide bonds. The Hall–Kier alpha value is -2.24. The molecule has 6 nitrogen and oxygen atoms in total. The molecule has 0 saturated carbocycles. The van der Waals surface area contributed by atoms with Gasteiger partial charge in [0.05, 0.1) is 13.2 Å². The lowest BCUT2D eigenvalue weighted by molar-refractivity contribution is -0.122. The standard InChI is InChI=1S/C16H24N2O4/c1-3-21-14-7-4-5-8-15(14)22-12-6-9-16(20)18-11-10-17-13(2)19/h4-5,7-8H,3,6,9-12H2,1-2H3,(H,17,19)(H,18,20). The zero-order chi connectivity index (χ0) is 16.2. The summed E-state index contributed by atoms with van der Waals surface area (Å²) in [5, 5.41) is 5.35. The Bertz CT molecular complexity index is 477. The first-order valence-electron chi connectivity index (χ1n) is 7.49. The molecular weight excluding hydrogens is 284 g/mol. The second kappa shape index (κ2) is 10.5. The van der Waals surface area contributed by atoms with Crippen LogP contribution in [0.5, 0.6) is 11.5 Å². The van der Waals surface area contributed by atoms with Gasteiger partial charge < -0.3 is 20.1 Å². The van der Waals surface area contributed by atoms with Crippen LogP contribution in [0.1, 0.15) is 26.7 Å². The maximum atomic E-state index is 11.6. The first kappa shape index (κ1) is 17.8. The molecule has 0 saturated heterocycles. The van der Waals surface area contributed by atoms with Crippen LogP contribution in [0.3, 0.4) is 0 Å². The fourth-order valence-electron chi connectivity index (χ4n) is 1.79. The van der Waals surface area contributed by atoms with E-state index in [1.54, 1.807) is 0 Å². The molecule has 1 aromatic rings. The first-order chi connectivity index (χ1) is 10.6. The number of amides is 2. The third kappa shape index (κ3) is 7.52. The smallest absolute Gasteiger partial charge is 0.220 e. The highest BCUT2D eigenvalue weighted by atomic mass is 16.5. The Morgan fingerprint density at radius 2 is 1.68 bits per heavy atom. The van der Waals surface area contributed by atoms with Gasteiger partial charge in [0.15, 0.2) is 11.5 Å². The van der Waals surface area contributed by atoms with Crippen LogP contribution >= 0.6 is 0 Å². The van der Waals surface area contributed by atoms with Gasteiger partial charge in [-0.25, -0.2) is 0 Å². The second-order valence-corrected chi connectivity index (χ2v) is 4.66. The van der Waals surface area contributed by atoms with Gasteiger partial charge in [0.2, 0.25) is 11.8 Å². The molecule has 6 heteroatoms.